The molecule has 0 radical (unpaired) electrons. The highest BCUT2D eigenvalue weighted by molar-refractivity contribution is 5.87. The molecule has 1 aliphatic heterocycles. The lowest BCUT2D eigenvalue weighted by Crippen LogP contribution is -2.41. The van der Waals surface area contributed by atoms with E-state index in [0.717, 1.165) is 41.5 Å². The molecule has 0 unspecified atom stereocenters. The van der Waals surface area contributed by atoms with E-state index in [1.165, 1.54) is 24.8 Å². The van der Waals surface area contributed by atoms with Crippen LogP contribution in [0.5, 0.6) is 0 Å². The van der Waals surface area contributed by atoms with Crippen molar-refractivity contribution in [2.24, 2.45) is 5.92 Å². The topological polar surface area (TPSA) is 120 Å². The summed E-state index contributed by atoms with van der Waals surface area (Å²) in [5, 5.41) is 27.6. The van der Waals surface area contributed by atoms with E-state index in [4.69, 9.17) is 9.97 Å². The molecular formula is C30H31N7O. The first-order chi connectivity index (χ1) is 18.6. The van der Waals surface area contributed by atoms with E-state index < -0.39 is 0 Å². The smallest absolute Gasteiger partial charge is 0.160 e. The van der Waals surface area contributed by atoms with Gasteiger partial charge in [0.05, 0.1) is 28.6 Å². The lowest BCUT2D eigenvalue weighted by molar-refractivity contribution is 0.0817. The standard InChI is InChI=1S/C30H31N7O/c1-18-22(16-31)8-9-27(34-18)37-28-15-21(11-13-33-28)30-35-24-7-3-6-23(19-4-2-5-19)29(24)25(36-30)14-20-10-12-32-17-26(20)38/h3,6-9,11,13,15,19-20,26,32,38H,2,4-5,10,12,14,17H2,1H3,(H,33,34,37)/t20-,26-/m0/s1. The van der Waals surface area contributed by atoms with Crippen LogP contribution in [-0.4, -0.2) is 44.2 Å². The average molecular weight is 506 g/mol. The Morgan fingerprint density at radius 2 is 1.97 bits per heavy atom. The molecule has 0 bridgehead atoms. The zero-order chi connectivity index (χ0) is 26.1. The summed E-state index contributed by atoms with van der Waals surface area (Å²) in [4.78, 5) is 19.1. The number of aromatic nitrogens is 4. The Kier molecular flexibility index (Phi) is 6.71. The molecule has 6 rings (SSSR count). The number of benzene rings is 1. The lowest BCUT2D eigenvalue weighted by Gasteiger charge is -2.30. The van der Waals surface area contributed by atoms with Gasteiger partial charge in [0, 0.05) is 23.7 Å². The van der Waals surface area contributed by atoms with Gasteiger partial charge < -0.3 is 15.7 Å². The van der Waals surface area contributed by atoms with Gasteiger partial charge in [0.1, 0.15) is 17.7 Å². The third-order valence-corrected chi connectivity index (χ3v) is 7.90. The Hall–Kier alpha value is -3.93. The van der Waals surface area contributed by atoms with E-state index in [1.54, 1.807) is 18.3 Å². The van der Waals surface area contributed by atoms with Gasteiger partial charge in [-0.05, 0) is 86.9 Å². The summed E-state index contributed by atoms with van der Waals surface area (Å²) < 4.78 is 0. The summed E-state index contributed by atoms with van der Waals surface area (Å²) in [6.45, 7) is 3.35. The Morgan fingerprint density at radius 3 is 2.74 bits per heavy atom. The molecule has 2 atom stereocenters. The van der Waals surface area contributed by atoms with Crippen LogP contribution in [0.4, 0.5) is 11.6 Å². The molecule has 8 nitrogen and oxygen atoms in total. The summed E-state index contributed by atoms with van der Waals surface area (Å²) in [5.41, 5.74) is 5.39. The predicted octanol–water partition coefficient (Wildman–Crippen LogP) is 4.79. The van der Waals surface area contributed by atoms with Crippen molar-refractivity contribution >= 4 is 22.5 Å². The van der Waals surface area contributed by atoms with Crippen LogP contribution in [0.1, 0.15) is 54.1 Å². The van der Waals surface area contributed by atoms with Gasteiger partial charge in [0.25, 0.3) is 0 Å². The maximum Gasteiger partial charge on any atom is 0.160 e. The molecule has 2 aliphatic rings. The number of pyridine rings is 2. The first kappa shape index (κ1) is 24.4. The van der Waals surface area contributed by atoms with Crippen molar-refractivity contribution in [3.05, 3.63) is 71.2 Å². The minimum Gasteiger partial charge on any atom is -0.392 e. The number of nitrogens with zero attached hydrogens (tertiary/aromatic N) is 5. The van der Waals surface area contributed by atoms with Crippen LogP contribution in [0, 0.1) is 24.2 Å². The highest BCUT2D eigenvalue weighted by Gasteiger charge is 2.28. The van der Waals surface area contributed by atoms with E-state index in [0.29, 0.717) is 41.2 Å². The van der Waals surface area contributed by atoms with Gasteiger partial charge in [0.15, 0.2) is 5.82 Å². The van der Waals surface area contributed by atoms with Crippen molar-refractivity contribution in [2.45, 2.75) is 51.0 Å². The fourth-order valence-corrected chi connectivity index (χ4v) is 5.53. The summed E-state index contributed by atoms with van der Waals surface area (Å²) in [5.74, 6) is 2.62. The quantitative estimate of drug-likeness (QED) is 0.342. The summed E-state index contributed by atoms with van der Waals surface area (Å²) in [6, 6.07) is 15.9. The second-order valence-electron chi connectivity index (χ2n) is 10.4. The molecule has 8 heteroatoms. The van der Waals surface area contributed by atoms with E-state index in [1.807, 2.05) is 19.1 Å². The number of hydrogen-bond acceptors (Lipinski definition) is 8. The monoisotopic (exact) mass is 505 g/mol. The van der Waals surface area contributed by atoms with Gasteiger partial charge in [0.2, 0.25) is 0 Å². The van der Waals surface area contributed by atoms with Crippen molar-refractivity contribution < 1.29 is 5.11 Å². The second-order valence-corrected chi connectivity index (χ2v) is 10.4. The fourth-order valence-electron chi connectivity index (χ4n) is 5.53. The third-order valence-electron chi connectivity index (χ3n) is 7.90. The van der Waals surface area contributed by atoms with Gasteiger partial charge in [-0.25, -0.2) is 19.9 Å². The maximum absolute atomic E-state index is 10.7. The molecule has 192 valence electrons. The average Bonchev–Trinajstić information content (AvgIpc) is 2.89. The lowest BCUT2D eigenvalue weighted by atomic mass is 9.77. The van der Waals surface area contributed by atoms with Gasteiger partial charge in [-0.1, -0.05) is 18.6 Å². The van der Waals surface area contributed by atoms with Crippen molar-refractivity contribution in [3.8, 4) is 17.5 Å². The summed E-state index contributed by atoms with van der Waals surface area (Å²) >= 11 is 0. The van der Waals surface area contributed by atoms with Gasteiger partial charge in [-0.15, -0.1) is 0 Å². The SMILES string of the molecule is Cc1nc(Nc2cc(-c3nc(C[C@@H]4CCNC[C@@H]4O)c4c(C5CCC5)cccc4n3)ccn2)ccc1C#N. The molecule has 4 aromatic rings. The molecule has 0 spiro atoms. The maximum atomic E-state index is 10.7. The molecule has 1 saturated carbocycles. The second kappa shape index (κ2) is 10.4. The van der Waals surface area contributed by atoms with E-state index in [9.17, 15) is 10.4 Å². The number of β-amino-alcohol motifs (C(OH)–C–C–N with tert-alkyl or cyclic N) is 1. The summed E-state index contributed by atoms with van der Waals surface area (Å²) in [7, 11) is 0. The zero-order valence-corrected chi connectivity index (χ0v) is 21.5. The van der Waals surface area contributed by atoms with Crippen LogP contribution >= 0.6 is 0 Å². The van der Waals surface area contributed by atoms with E-state index >= 15 is 0 Å². The Balaban J connectivity index is 1.39. The Labute approximate surface area is 222 Å². The number of aryl methyl sites for hydroxylation is 1. The Bertz CT molecular complexity index is 1530. The molecular weight excluding hydrogens is 474 g/mol. The number of anilines is 2. The molecule has 1 aromatic carbocycles. The van der Waals surface area contributed by atoms with Gasteiger partial charge >= 0.3 is 0 Å². The number of piperidine rings is 1. The largest absolute Gasteiger partial charge is 0.392 e. The number of rotatable bonds is 6. The van der Waals surface area contributed by atoms with Crippen LogP contribution in [0.3, 0.4) is 0 Å². The first-order valence-electron chi connectivity index (χ1n) is 13.4. The number of nitrogens with one attached hydrogen (secondary N) is 2. The van der Waals surface area contributed by atoms with Crippen molar-refractivity contribution in [2.75, 3.05) is 18.4 Å². The predicted molar refractivity (Wildman–Crippen MR) is 147 cm³/mol. The fraction of sp³-hybridized carbons (Fsp3) is 0.367. The molecule has 1 saturated heterocycles. The number of nitriles is 1. The molecule has 0 amide bonds. The van der Waals surface area contributed by atoms with Crippen molar-refractivity contribution in [1.29, 1.82) is 5.26 Å². The van der Waals surface area contributed by atoms with Crippen molar-refractivity contribution in [3.63, 3.8) is 0 Å². The van der Waals surface area contributed by atoms with Crippen LogP contribution in [0.15, 0.2) is 48.7 Å². The number of fused-ring (bicyclic) bond motifs is 1. The van der Waals surface area contributed by atoms with Gasteiger partial charge in [-0.2, -0.15) is 5.26 Å². The molecule has 1 aliphatic carbocycles. The highest BCUT2D eigenvalue weighted by atomic mass is 16.3. The minimum atomic E-state index is -0.381. The normalized spacial score (nSPS) is 19.6. The molecule has 38 heavy (non-hydrogen) atoms. The van der Waals surface area contributed by atoms with Crippen LogP contribution in [0.2, 0.25) is 0 Å². The minimum absolute atomic E-state index is 0.164. The third kappa shape index (κ3) is 4.83. The van der Waals surface area contributed by atoms with E-state index in [-0.39, 0.29) is 12.0 Å². The van der Waals surface area contributed by atoms with Crippen molar-refractivity contribution in [1.82, 2.24) is 25.3 Å². The van der Waals surface area contributed by atoms with Crippen LogP contribution < -0.4 is 10.6 Å². The van der Waals surface area contributed by atoms with Gasteiger partial charge in [-0.3, -0.25) is 0 Å². The first-order valence-corrected chi connectivity index (χ1v) is 13.4. The molecule has 3 N–H and O–H groups in total. The molecule has 4 heterocycles. The van der Waals surface area contributed by atoms with Crippen LogP contribution in [-0.2, 0) is 6.42 Å². The highest BCUT2D eigenvalue weighted by Crippen LogP contribution is 2.41. The number of hydrogen-bond donors (Lipinski definition) is 3. The number of aliphatic hydroxyl groups excluding tert-OH is 1. The molecule has 3 aromatic heterocycles. The molecule has 2 fully saturated rings. The zero-order valence-electron chi connectivity index (χ0n) is 21.5. The van der Waals surface area contributed by atoms with Crippen LogP contribution in [0.25, 0.3) is 22.3 Å². The Morgan fingerprint density at radius 1 is 1.08 bits per heavy atom. The summed E-state index contributed by atoms with van der Waals surface area (Å²) in [6.07, 6.45) is 6.69. The number of aliphatic hydroxyl groups is 1. The van der Waals surface area contributed by atoms with E-state index in [2.05, 4.69) is 44.9 Å².